The number of nitrogens with zero attached hydrogens (tertiary/aromatic N) is 2. The number of anilines is 1. The van der Waals surface area contributed by atoms with Crippen LogP contribution in [0, 0.1) is 0 Å². The Morgan fingerprint density at radius 3 is 2.75 bits per heavy atom. The van der Waals surface area contributed by atoms with Gasteiger partial charge in [-0.05, 0) is 42.6 Å². The number of ether oxygens (including phenoxy) is 2. The average molecular weight is 345 g/mol. The maximum absolute atomic E-state index is 5.54. The Kier molecular flexibility index (Phi) is 5.45. The van der Waals surface area contributed by atoms with E-state index in [1.165, 1.54) is 0 Å². The molecule has 126 valence electrons. The van der Waals surface area contributed by atoms with Crippen molar-refractivity contribution < 1.29 is 14.0 Å². The van der Waals surface area contributed by atoms with Crippen LogP contribution in [0.3, 0.4) is 0 Å². The van der Waals surface area contributed by atoms with E-state index in [0.717, 1.165) is 16.3 Å². The van der Waals surface area contributed by atoms with Crippen LogP contribution < -0.4 is 10.1 Å². The summed E-state index contributed by atoms with van der Waals surface area (Å²) in [4.78, 5) is 5.44. The van der Waals surface area contributed by atoms with Gasteiger partial charge in [0.2, 0.25) is 11.7 Å². The lowest BCUT2D eigenvalue weighted by Crippen LogP contribution is -2.07. The van der Waals surface area contributed by atoms with Crippen molar-refractivity contribution in [2.24, 2.45) is 0 Å². The predicted molar refractivity (Wildman–Crippen MR) is 93.5 cm³/mol. The summed E-state index contributed by atoms with van der Waals surface area (Å²) in [5.74, 6) is 1.98. The van der Waals surface area contributed by atoms with E-state index in [-0.39, 0.29) is 6.04 Å². The summed E-state index contributed by atoms with van der Waals surface area (Å²) >= 11 is 1.59. The minimum absolute atomic E-state index is 0.0912. The van der Waals surface area contributed by atoms with Crippen molar-refractivity contribution in [3.8, 4) is 16.5 Å². The molecule has 3 rings (SSSR count). The fourth-order valence-corrected chi connectivity index (χ4v) is 2.77. The molecular weight excluding hydrogens is 326 g/mol. The van der Waals surface area contributed by atoms with E-state index < -0.39 is 0 Å². The van der Waals surface area contributed by atoms with Crippen molar-refractivity contribution in [2.75, 3.05) is 25.6 Å². The number of nitrogens with one attached hydrogen (secondary N) is 1. The first-order valence-electron chi connectivity index (χ1n) is 7.62. The maximum atomic E-state index is 5.54. The molecule has 0 aliphatic heterocycles. The number of aromatic nitrogens is 2. The standard InChI is InChI=1S/C17H19N3O3S/c1-12(17-19-16(20-23-17)15-4-3-11-24-15)18-13-5-7-14(8-6-13)22-10-9-21-2/h3-8,11-12,18H,9-10H2,1-2H3/t12-/m1/s1. The molecule has 2 heterocycles. The fourth-order valence-electron chi connectivity index (χ4n) is 2.12. The second kappa shape index (κ2) is 7.94. The highest BCUT2D eigenvalue weighted by Crippen LogP contribution is 2.25. The Bertz CT molecular complexity index is 741. The van der Waals surface area contributed by atoms with Crippen LogP contribution in [0.15, 0.2) is 46.3 Å². The molecule has 0 aliphatic rings. The third-order valence-corrected chi connectivity index (χ3v) is 4.21. The molecule has 2 aromatic heterocycles. The zero-order valence-corrected chi connectivity index (χ0v) is 14.4. The van der Waals surface area contributed by atoms with Crippen LogP contribution in [-0.2, 0) is 4.74 Å². The molecule has 0 saturated carbocycles. The third kappa shape index (κ3) is 4.12. The van der Waals surface area contributed by atoms with E-state index >= 15 is 0 Å². The van der Waals surface area contributed by atoms with E-state index in [1.54, 1.807) is 18.4 Å². The van der Waals surface area contributed by atoms with Gasteiger partial charge < -0.3 is 19.3 Å². The molecule has 1 atom stereocenters. The molecular formula is C17H19N3O3S. The molecule has 6 nitrogen and oxygen atoms in total. The smallest absolute Gasteiger partial charge is 0.249 e. The normalized spacial score (nSPS) is 12.1. The second-order valence-corrected chi connectivity index (χ2v) is 6.11. The Hall–Kier alpha value is -2.38. The number of hydrogen-bond acceptors (Lipinski definition) is 7. The molecule has 3 aromatic rings. The van der Waals surface area contributed by atoms with Gasteiger partial charge in [0.1, 0.15) is 18.4 Å². The molecule has 0 spiro atoms. The number of methoxy groups -OCH3 is 1. The first-order valence-corrected chi connectivity index (χ1v) is 8.50. The minimum atomic E-state index is -0.0912. The highest BCUT2D eigenvalue weighted by Gasteiger charge is 2.15. The fraction of sp³-hybridized carbons (Fsp3) is 0.294. The molecule has 0 fully saturated rings. The number of hydrogen-bond donors (Lipinski definition) is 1. The molecule has 1 aromatic carbocycles. The summed E-state index contributed by atoms with van der Waals surface area (Å²) in [6, 6.07) is 11.6. The molecule has 7 heteroatoms. The van der Waals surface area contributed by atoms with Gasteiger partial charge in [-0.2, -0.15) is 4.98 Å². The van der Waals surface area contributed by atoms with Gasteiger partial charge in [0.25, 0.3) is 0 Å². The molecule has 0 unspecified atom stereocenters. The van der Waals surface area contributed by atoms with E-state index in [2.05, 4.69) is 15.5 Å². The van der Waals surface area contributed by atoms with Crippen molar-refractivity contribution in [3.05, 3.63) is 47.7 Å². The topological polar surface area (TPSA) is 69.4 Å². The van der Waals surface area contributed by atoms with E-state index in [9.17, 15) is 0 Å². The van der Waals surface area contributed by atoms with Gasteiger partial charge in [-0.15, -0.1) is 11.3 Å². The largest absolute Gasteiger partial charge is 0.491 e. The first kappa shape index (κ1) is 16.5. The average Bonchev–Trinajstić information content (AvgIpc) is 3.28. The van der Waals surface area contributed by atoms with Crippen LogP contribution in [0.2, 0.25) is 0 Å². The van der Waals surface area contributed by atoms with E-state index in [0.29, 0.717) is 24.9 Å². The van der Waals surface area contributed by atoms with Gasteiger partial charge in [-0.25, -0.2) is 0 Å². The predicted octanol–water partition coefficient (Wildman–Crippen LogP) is 4.00. The summed E-state index contributed by atoms with van der Waals surface area (Å²) < 4.78 is 15.9. The summed E-state index contributed by atoms with van der Waals surface area (Å²) in [5, 5.41) is 9.36. The lowest BCUT2D eigenvalue weighted by molar-refractivity contribution is 0.146. The van der Waals surface area contributed by atoms with Gasteiger partial charge in [-0.3, -0.25) is 0 Å². The van der Waals surface area contributed by atoms with Gasteiger partial charge >= 0.3 is 0 Å². The Morgan fingerprint density at radius 2 is 2.04 bits per heavy atom. The van der Waals surface area contributed by atoms with E-state index in [4.69, 9.17) is 14.0 Å². The maximum Gasteiger partial charge on any atom is 0.249 e. The molecule has 0 amide bonds. The van der Waals surface area contributed by atoms with Gasteiger partial charge in [0.15, 0.2) is 0 Å². The summed E-state index contributed by atoms with van der Waals surface area (Å²) in [5.41, 5.74) is 0.956. The SMILES string of the molecule is COCCOc1ccc(N[C@H](C)c2nc(-c3cccs3)no2)cc1. The lowest BCUT2D eigenvalue weighted by atomic mass is 10.2. The Morgan fingerprint density at radius 1 is 1.21 bits per heavy atom. The second-order valence-electron chi connectivity index (χ2n) is 5.17. The summed E-state index contributed by atoms with van der Waals surface area (Å²) in [6.07, 6.45) is 0. The number of thiophene rings is 1. The molecule has 0 aliphatic carbocycles. The van der Waals surface area contributed by atoms with Crippen molar-refractivity contribution in [1.82, 2.24) is 10.1 Å². The highest BCUT2D eigenvalue weighted by molar-refractivity contribution is 7.13. The highest BCUT2D eigenvalue weighted by atomic mass is 32.1. The van der Waals surface area contributed by atoms with Crippen molar-refractivity contribution >= 4 is 17.0 Å². The molecule has 1 N–H and O–H groups in total. The Labute approximate surface area is 144 Å². The minimum Gasteiger partial charge on any atom is -0.491 e. The van der Waals surface area contributed by atoms with Crippen molar-refractivity contribution in [2.45, 2.75) is 13.0 Å². The molecule has 0 radical (unpaired) electrons. The summed E-state index contributed by atoms with van der Waals surface area (Å²) in [7, 11) is 1.65. The lowest BCUT2D eigenvalue weighted by Gasteiger charge is -2.12. The number of rotatable bonds is 8. The van der Waals surface area contributed by atoms with Crippen LogP contribution in [0.1, 0.15) is 18.9 Å². The van der Waals surface area contributed by atoms with Crippen LogP contribution in [0.4, 0.5) is 5.69 Å². The third-order valence-electron chi connectivity index (χ3n) is 3.35. The van der Waals surface area contributed by atoms with Crippen molar-refractivity contribution in [3.63, 3.8) is 0 Å². The van der Waals surface area contributed by atoms with Gasteiger partial charge in [0, 0.05) is 12.8 Å². The van der Waals surface area contributed by atoms with Crippen molar-refractivity contribution in [1.29, 1.82) is 0 Å². The van der Waals surface area contributed by atoms with Crippen LogP contribution in [0.5, 0.6) is 5.75 Å². The molecule has 24 heavy (non-hydrogen) atoms. The van der Waals surface area contributed by atoms with Gasteiger partial charge in [0.05, 0.1) is 11.5 Å². The number of benzene rings is 1. The van der Waals surface area contributed by atoms with Crippen LogP contribution in [-0.4, -0.2) is 30.5 Å². The quantitative estimate of drug-likeness (QED) is 0.622. The Balaban J connectivity index is 1.59. The molecule has 0 saturated heterocycles. The van der Waals surface area contributed by atoms with E-state index in [1.807, 2.05) is 48.7 Å². The molecule has 0 bridgehead atoms. The van der Waals surface area contributed by atoms with Gasteiger partial charge in [-0.1, -0.05) is 11.2 Å². The monoisotopic (exact) mass is 345 g/mol. The van der Waals surface area contributed by atoms with Crippen LogP contribution in [0.25, 0.3) is 10.7 Å². The zero-order chi connectivity index (χ0) is 16.8. The zero-order valence-electron chi connectivity index (χ0n) is 13.6. The first-order chi connectivity index (χ1) is 11.8. The van der Waals surface area contributed by atoms with Crippen LogP contribution >= 0.6 is 11.3 Å². The summed E-state index contributed by atoms with van der Waals surface area (Å²) in [6.45, 7) is 3.09.